The number of carbonyl (C=O) groups excluding carboxylic acids is 1. The second-order valence-corrected chi connectivity index (χ2v) is 6.24. The lowest BCUT2D eigenvalue weighted by atomic mass is 10.1. The summed E-state index contributed by atoms with van der Waals surface area (Å²) in [7, 11) is 1.50. The Hall–Kier alpha value is -4.28. The van der Waals surface area contributed by atoms with Crippen molar-refractivity contribution in [3.05, 3.63) is 75.1 Å². The van der Waals surface area contributed by atoms with E-state index in [9.17, 15) is 20.0 Å². The summed E-state index contributed by atoms with van der Waals surface area (Å²) < 4.78 is 6.63. The fraction of sp³-hybridized carbons (Fsp3) is 0.158. The molecular formula is C19H18N6O5. The Morgan fingerprint density at radius 2 is 2.20 bits per heavy atom. The summed E-state index contributed by atoms with van der Waals surface area (Å²) in [6.45, 7) is 1.88. The van der Waals surface area contributed by atoms with Crippen LogP contribution in [0.2, 0.25) is 0 Å². The van der Waals surface area contributed by atoms with Crippen molar-refractivity contribution < 1.29 is 19.6 Å². The number of hydrazone groups is 1. The molecule has 0 aliphatic carbocycles. The van der Waals surface area contributed by atoms with E-state index >= 15 is 0 Å². The Morgan fingerprint density at radius 1 is 1.40 bits per heavy atom. The molecule has 0 unspecified atom stereocenters. The summed E-state index contributed by atoms with van der Waals surface area (Å²) in [6.07, 6.45) is 2.68. The first kappa shape index (κ1) is 20.5. The summed E-state index contributed by atoms with van der Waals surface area (Å²) >= 11 is 0. The highest BCUT2D eigenvalue weighted by atomic mass is 16.6. The van der Waals surface area contributed by atoms with Gasteiger partial charge in [-0.1, -0.05) is 17.1 Å². The molecule has 30 heavy (non-hydrogen) atoms. The number of hydrogen-bond donors (Lipinski definition) is 2. The van der Waals surface area contributed by atoms with E-state index in [1.165, 1.54) is 30.4 Å². The van der Waals surface area contributed by atoms with Gasteiger partial charge in [-0.15, -0.1) is 0 Å². The van der Waals surface area contributed by atoms with E-state index in [1.807, 2.05) is 0 Å². The first-order valence-electron chi connectivity index (χ1n) is 8.71. The molecule has 0 saturated carbocycles. The fourth-order valence-electron chi connectivity index (χ4n) is 2.69. The van der Waals surface area contributed by atoms with Crippen molar-refractivity contribution in [1.82, 2.24) is 20.2 Å². The molecule has 0 aliphatic rings. The van der Waals surface area contributed by atoms with Gasteiger partial charge in [0, 0.05) is 10.7 Å². The summed E-state index contributed by atoms with van der Waals surface area (Å²) in [6, 6.07) is 10.0. The molecule has 0 spiro atoms. The van der Waals surface area contributed by atoms with Crippen LogP contribution in [-0.4, -0.2) is 44.0 Å². The number of aromatic nitrogens is 3. The van der Waals surface area contributed by atoms with E-state index < -0.39 is 16.8 Å². The molecule has 0 bridgehead atoms. The van der Waals surface area contributed by atoms with Crippen LogP contribution in [0.3, 0.4) is 0 Å². The van der Waals surface area contributed by atoms with Crippen LogP contribution < -0.4 is 10.2 Å². The van der Waals surface area contributed by atoms with Crippen molar-refractivity contribution >= 4 is 18.1 Å². The molecule has 1 aromatic heterocycles. The number of rotatable bonds is 7. The largest absolute Gasteiger partial charge is 0.507 e. The second kappa shape index (κ2) is 8.82. The number of ether oxygens (including phenoxy) is 1. The molecule has 1 heterocycles. The third-order valence-electron chi connectivity index (χ3n) is 4.19. The Bertz CT molecular complexity index is 1120. The number of amides is 1. The van der Waals surface area contributed by atoms with Crippen LogP contribution in [0, 0.1) is 17.0 Å². The predicted molar refractivity (Wildman–Crippen MR) is 107 cm³/mol. The van der Waals surface area contributed by atoms with E-state index in [1.54, 1.807) is 37.3 Å². The molecule has 11 heteroatoms. The van der Waals surface area contributed by atoms with Crippen LogP contribution in [0.4, 0.5) is 5.95 Å². The van der Waals surface area contributed by atoms with Crippen molar-refractivity contribution in [2.24, 2.45) is 5.10 Å². The van der Waals surface area contributed by atoms with E-state index in [4.69, 9.17) is 4.74 Å². The normalized spacial score (nSPS) is 10.9. The lowest BCUT2D eigenvalue weighted by Gasteiger charge is -2.08. The van der Waals surface area contributed by atoms with Crippen molar-refractivity contribution in [3.63, 3.8) is 0 Å². The molecule has 0 atom stereocenters. The van der Waals surface area contributed by atoms with Gasteiger partial charge in [-0.05, 0) is 47.2 Å². The lowest BCUT2D eigenvalue weighted by molar-refractivity contribution is -0.394. The van der Waals surface area contributed by atoms with Crippen LogP contribution >= 0.6 is 0 Å². The number of aryl methyl sites for hydroxylation is 1. The van der Waals surface area contributed by atoms with Gasteiger partial charge >= 0.3 is 5.95 Å². The van der Waals surface area contributed by atoms with Gasteiger partial charge < -0.3 is 20.0 Å². The third kappa shape index (κ3) is 4.58. The van der Waals surface area contributed by atoms with Gasteiger partial charge in [0.05, 0.1) is 25.4 Å². The van der Waals surface area contributed by atoms with Crippen LogP contribution in [0.5, 0.6) is 11.5 Å². The minimum absolute atomic E-state index is 0.0983. The maximum absolute atomic E-state index is 12.2. The average Bonchev–Trinajstić information content (AvgIpc) is 3.19. The third-order valence-corrected chi connectivity index (χ3v) is 4.19. The summed E-state index contributed by atoms with van der Waals surface area (Å²) in [4.78, 5) is 25.9. The summed E-state index contributed by atoms with van der Waals surface area (Å²) in [5, 5.41) is 28.4. The van der Waals surface area contributed by atoms with E-state index in [0.717, 1.165) is 0 Å². The minimum Gasteiger partial charge on any atom is -0.507 e. The van der Waals surface area contributed by atoms with Gasteiger partial charge in [-0.25, -0.2) is 5.43 Å². The van der Waals surface area contributed by atoms with Crippen molar-refractivity contribution in [2.75, 3.05) is 7.11 Å². The van der Waals surface area contributed by atoms with E-state index in [2.05, 4.69) is 20.6 Å². The minimum atomic E-state index is -0.675. The number of benzene rings is 2. The van der Waals surface area contributed by atoms with Gasteiger partial charge in [0.2, 0.25) is 6.33 Å². The molecule has 0 saturated heterocycles. The molecule has 0 fully saturated rings. The summed E-state index contributed by atoms with van der Waals surface area (Å²) in [5.74, 6) is -0.581. The van der Waals surface area contributed by atoms with Crippen molar-refractivity contribution in [3.8, 4) is 11.5 Å². The van der Waals surface area contributed by atoms with Gasteiger partial charge in [-0.2, -0.15) is 9.78 Å². The van der Waals surface area contributed by atoms with Crippen LogP contribution in [0.1, 0.15) is 27.0 Å². The monoisotopic (exact) mass is 410 g/mol. The quantitative estimate of drug-likeness (QED) is 0.344. The number of nitrogens with one attached hydrogen (secondary N) is 1. The molecule has 3 aromatic rings. The Morgan fingerprint density at radius 3 is 2.90 bits per heavy atom. The second-order valence-electron chi connectivity index (χ2n) is 6.24. The highest BCUT2D eigenvalue weighted by molar-refractivity contribution is 5.97. The topological polar surface area (TPSA) is 145 Å². The number of phenols is 1. The number of nitrogens with zero attached hydrogens (tertiary/aromatic N) is 5. The number of nitro groups is 1. The zero-order valence-electron chi connectivity index (χ0n) is 16.1. The number of hydrogen-bond acceptors (Lipinski definition) is 8. The number of para-hydroxylation sites is 1. The van der Waals surface area contributed by atoms with Crippen LogP contribution in [0.15, 0.2) is 47.8 Å². The maximum Gasteiger partial charge on any atom is 0.490 e. The number of carbonyl (C=O) groups is 1. The van der Waals surface area contributed by atoms with E-state index in [0.29, 0.717) is 22.4 Å². The van der Waals surface area contributed by atoms with Crippen molar-refractivity contribution in [2.45, 2.75) is 13.5 Å². The Kier molecular flexibility index (Phi) is 6.01. The molecule has 154 valence electrons. The van der Waals surface area contributed by atoms with E-state index in [-0.39, 0.29) is 17.9 Å². The van der Waals surface area contributed by atoms with Crippen molar-refractivity contribution in [1.29, 1.82) is 0 Å². The molecule has 0 radical (unpaired) electrons. The number of methoxy groups -OCH3 is 1. The zero-order chi connectivity index (χ0) is 21.7. The smallest absolute Gasteiger partial charge is 0.490 e. The average molecular weight is 410 g/mol. The molecule has 11 nitrogen and oxygen atoms in total. The lowest BCUT2D eigenvalue weighted by Crippen LogP contribution is -2.18. The van der Waals surface area contributed by atoms with Gasteiger partial charge in [0.1, 0.15) is 11.5 Å². The first-order valence-corrected chi connectivity index (χ1v) is 8.71. The number of phenolic OH excluding ortho intramolecular Hbond substituents is 1. The molecule has 2 N–H and O–H groups in total. The molecule has 0 aliphatic heterocycles. The Labute approximate surface area is 170 Å². The fourth-order valence-corrected chi connectivity index (χ4v) is 2.69. The van der Waals surface area contributed by atoms with Crippen LogP contribution in [0.25, 0.3) is 0 Å². The SMILES string of the molecule is COc1ccc(/C=N/NC(=O)c2cccc(C)c2O)cc1Cn1cnc([N+](=O)[O-])n1. The highest BCUT2D eigenvalue weighted by Gasteiger charge is 2.15. The molecule has 1 amide bonds. The predicted octanol–water partition coefficient (Wildman–Crippen LogP) is 2.02. The molecule has 2 aromatic carbocycles. The van der Waals surface area contributed by atoms with Gasteiger partial charge in [0.15, 0.2) is 0 Å². The Balaban J connectivity index is 1.74. The maximum atomic E-state index is 12.2. The van der Waals surface area contributed by atoms with Gasteiger partial charge in [0.25, 0.3) is 5.91 Å². The zero-order valence-corrected chi connectivity index (χ0v) is 16.1. The first-order chi connectivity index (χ1) is 14.4. The van der Waals surface area contributed by atoms with Crippen LogP contribution in [-0.2, 0) is 6.54 Å². The molecule has 3 rings (SSSR count). The van der Waals surface area contributed by atoms with Gasteiger partial charge in [-0.3, -0.25) is 4.79 Å². The summed E-state index contributed by atoms with van der Waals surface area (Å²) in [5.41, 5.74) is 4.40. The standard InChI is InChI=1S/C19H18N6O5/c1-12-4-3-5-15(17(12)26)18(27)22-21-9-13-6-7-16(30-2)14(8-13)10-24-11-20-19(23-24)25(28)29/h3-9,11,26H,10H2,1-2H3,(H,22,27)/b21-9+. The highest BCUT2D eigenvalue weighted by Crippen LogP contribution is 2.22. The molecular weight excluding hydrogens is 392 g/mol. The number of aromatic hydroxyl groups is 1.